The third kappa shape index (κ3) is 6.41. The first-order valence-corrected chi connectivity index (χ1v) is 13.4. The zero-order valence-corrected chi connectivity index (χ0v) is 24.4. The number of amides is 3. The van der Waals surface area contributed by atoms with Crippen LogP contribution in [0.1, 0.15) is 58.6 Å². The number of fused-ring (bicyclic) bond motifs is 1. The summed E-state index contributed by atoms with van der Waals surface area (Å²) in [4.78, 5) is 47.0. The lowest BCUT2D eigenvalue weighted by Crippen LogP contribution is -2.27. The topological polar surface area (TPSA) is 132 Å². The van der Waals surface area contributed by atoms with Gasteiger partial charge in [0.05, 0.1) is 17.1 Å². The molecule has 0 aliphatic carbocycles. The van der Waals surface area contributed by atoms with E-state index in [9.17, 15) is 14.4 Å². The normalized spacial score (nSPS) is 12.4. The molecule has 0 unspecified atom stereocenters. The van der Waals surface area contributed by atoms with Crippen molar-refractivity contribution in [2.24, 2.45) is 19.1 Å². The summed E-state index contributed by atoms with van der Waals surface area (Å²) < 4.78 is 8.34. The van der Waals surface area contributed by atoms with Crippen molar-refractivity contribution in [3.63, 3.8) is 0 Å². The monoisotopic (exact) mass is 567 g/mol. The molecule has 2 aromatic heterocycles. The van der Waals surface area contributed by atoms with Crippen molar-refractivity contribution in [3.8, 4) is 0 Å². The Bertz CT molecular complexity index is 1720. The Morgan fingerprint density at radius 1 is 0.857 bits per heavy atom. The highest BCUT2D eigenvalue weighted by Crippen LogP contribution is 2.30. The van der Waals surface area contributed by atoms with Gasteiger partial charge in [-0.1, -0.05) is 24.3 Å². The predicted octanol–water partition coefficient (Wildman–Crippen LogP) is 5.60. The van der Waals surface area contributed by atoms with Crippen molar-refractivity contribution in [2.45, 2.75) is 39.7 Å². The number of anilines is 3. The molecule has 3 heterocycles. The van der Waals surface area contributed by atoms with E-state index in [0.29, 0.717) is 17.1 Å². The standard InChI is InChI=1S/C31H33N7O4/c1-18-7-8-20-14-24(34-23(20)13-18)19-9-11-21(12-10-19)32-28(39)25-15-22(16-37(25)5)33-29(40)27-35-26(17-38(27)6)36-30(41)42-31(2,3)4/h7-13,15-17H,14H2,1-6H3,(H,32,39)(H,33,40)(H,36,41). The number of nitrogens with one attached hydrogen (secondary N) is 3. The van der Waals surface area contributed by atoms with Crippen molar-refractivity contribution < 1.29 is 19.1 Å². The van der Waals surface area contributed by atoms with E-state index in [1.54, 1.807) is 51.7 Å². The molecule has 1 aliphatic heterocycles. The van der Waals surface area contributed by atoms with E-state index >= 15 is 0 Å². The number of nitrogens with zero attached hydrogens (tertiary/aromatic N) is 4. The number of rotatable bonds is 6. The van der Waals surface area contributed by atoms with Crippen LogP contribution in [-0.2, 0) is 25.3 Å². The van der Waals surface area contributed by atoms with Gasteiger partial charge in [0.1, 0.15) is 11.3 Å². The Labute approximate surface area is 243 Å². The summed E-state index contributed by atoms with van der Waals surface area (Å²) in [6, 6.07) is 15.5. The number of ether oxygens (including phenoxy) is 1. The van der Waals surface area contributed by atoms with Crippen molar-refractivity contribution >= 4 is 46.5 Å². The average Bonchev–Trinajstić information content (AvgIpc) is 3.59. The zero-order chi connectivity index (χ0) is 30.2. The Kier molecular flexibility index (Phi) is 7.42. The highest BCUT2D eigenvalue weighted by atomic mass is 16.6. The van der Waals surface area contributed by atoms with Gasteiger partial charge in [0.25, 0.3) is 11.8 Å². The summed E-state index contributed by atoms with van der Waals surface area (Å²) in [6.45, 7) is 7.31. The number of aromatic nitrogens is 3. The molecule has 3 amide bonds. The van der Waals surface area contributed by atoms with Gasteiger partial charge in [-0.3, -0.25) is 19.9 Å². The van der Waals surface area contributed by atoms with Crippen LogP contribution in [0.4, 0.5) is 27.7 Å². The molecule has 0 bridgehead atoms. The number of carbonyl (C=O) groups excluding carboxylic acids is 3. The van der Waals surface area contributed by atoms with Gasteiger partial charge >= 0.3 is 6.09 Å². The molecule has 0 fully saturated rings. The minimum atomic E-state index is -0.672. The van der Waals surface area contributed by atoms with Crippen molar-refractivity contribution in [1.29, 1.82) is 0 Å². The van der Waals surface area contributed by atoms with Crippen LogP contribution in [-0.4, -0.2) is 43.3 Å². The van der Waals surface area contributed by atoms with Gasteiger partial charge in [0.15, 0.2) is 5.82 Å². The molecular weight excluding hydrogens is 534 g/mol. The average molecular weight is 568 g/mol. The van der Waals surface area contributed by atoms with E-state index < -0.39 is 17.6 Å². The molecule has 0 saturated heterocycles. The van der Waals surface area contributed by atoms with E-state index in [-0.39, 0.29) is 17.5 Å². The molecule has 0 spiro atoms. The number of imidazole rings is 1. The number of carbonyl (C=O) groups is 3. The number of benzene rings is 2. The Hall–Kier alpha value is -5.19. The van der Waals surface area contributed by atoms with E-state index in [0.717, 1.165) is 23.4 Å². The van der Waals surface area contributed by atoms with E-state index in [1.165, 1.54) is 21.9 Å². The van der Waals surface area contributed by atoms with Gasteiger partial charge in [-0.15, -0.1) is 0 Å². The number of hydrogen-bond donors (Lipinski definition) is 3. The van der Waals surface area contributed by atoms with Crippen LogP contribution in [0.3, 0.4) is 0 Å². The Morgan fingerprint density at radius 2 is 1.57 bits per heavy atom. The maximum absolute atomic E-state index is 13.0. The van der Waals surface area contributed by atoms with Gasteiger partial charge in [-0.05, 0) is 68.7 Å². The maximum atomic E-state index is 13.0. The summed E-state index contributed by atoms with van der Waals surface area (Å²) >= 11 is 0. The molecule has 11 nitrogen and oxygen atoms in total. The van der Waals surface area contributed by atoms with Crippen LogP contribution in [0.2, 0.25) is 0 Å². The van der Waals surface area contributed by atoms with Gasteiger partial charge in [-0.25, -0.2) is 9.78 Å². The molecule has 1 aliphatic rings. The van der Waals surface area contributed by atoms with Crippen LogP contribution in [0.5, 0.6) is 0 Å². The molecule has 0 saturated carbocycles. The van der Waals surface area contributed by atoms with Gasteiger partial charge in [-0.2, -0.15) is 0 Å². The molecule has 5 rings (SSSR count). The zero-order valence-electron chi connectivity index (χ0n) is 24.4. The largest absolute Gasteiger partial charge is 0.444 e. The summed E-state index contributed by atoms with van der Waals surface area (Å²) in [5.41, 5.74) is 6.14. The van der Waals surface area contributed by atoms with Gasteiger partial charge < -0.3 is 24.5 Å². The predicted molar refractivity (Wildman–Crippen MR) is 162 cm³/mol. The third-order valence-electron chi connectivity index (χ3n) is 6.53. The fraction of sp³-hybridized carbons (Fsp3) is 0.258. The molecule has 0 atom stereocenters. The highest BCUT2D eigenvalue weighted by molar-refractivity contribution is 6.08. The second kappa shape index (κ2) is 11.0. The molecule has 3 N–H and O–H groups in total. The second-order valence-electron chi connectivity index (χ2n) is 11.3. The van der Waals surface area contributed by atoms with Crippen LogP contribution in [0.15, 0.2) is 65.9 Å². The number of aryl methyl sites for hydroxylation is 3. The number of hydrogen-bond acceptors (Lipinski definition) is 6. The molecule has 216 valence electrons. The smallest absolute Gasteiger partial charge is 0.413 e. The van der Waals surface area contributed by atoms with Crippen molar-refractivity contribution in [3.05, 3.63) is 89.1 Å². The van der Waals surface area contributed by atoms with Crippen LogP contribution >= 0.6 is 0 Å². The summed E-state index contributed by atoms with van der Waals surface area (Å²) in [5.74, 6) is -0.584. The lowest BCUT2D eigenvalue weighted by Gasteiger charge is -2.18. The van der Waals surface area contributed by atoms with Crippen molar-refractivity contribution in [1.82, 2.24) is 14.1 Å². The SMILES string of the molecule is Cc1ccc2c(c1)N=C(c1ccc(NC(=O)c3cc(NC(=O)c4nc(NC(=O)OC(C)(C)C)cn4C)cn3C)cc1)C2. The lowest BCUT2D eigenvalue weighted by atomic mass is 10.0. The van der Waals surface area contributed by atoms with Crippen molar-refractivity contribution in [2.75, 3.05) is 16.0 Å². The Balaban J connectivity index is 1.21. The first-order valence-electron chi connectivity index (χ1n) is 13.4. The van der Waals surface area contributed by atoms with Gasteiger partial charge in [0, 0.05) is 38.6 Å². The summed E-state index contributed by atoms with van der Waals surface area (Å²) in [7, 11) is 3.35. The maximum Gasteiger partial charge on any atom is 0.413 e. The van der Waals surface area contributed by atoms with E-state index in [4.69, 9.17) is 9.73 Å². The molecular formula is C31H33N7O4. The molecule has 11 heteroatoms. The minimum absolute atomic E-state index is 0.0705. The minimum Gasteiger partial charge on any atom is -0.444 e. The van der Waals surface area contributed by atoms with Crippen LogP contribution in [0, 0.1) is 6.92 Å². The van der Waals surface area contributed by atoms with Crippen LogP contribution < -0.4 is 16.0 Å². The first kappa shape index (κ1) is 28.3. The molecule has 2 aromatic carbocycles. The summed E-state index contributed by atoms with van der Waals surface area (Å²) in [6.07, 6.45) is 3.25. The van der Waals surface area contributed by atoms with E-state index in [2.05, 4.69) is 46.1 Å². The molecule has 42 heavy (non-hydrogen) atoms. The fourth-order valence-electron chi connectivity index (χ4n) is 4.59. The van der Waals surface area contributed by atoms with E-state index in [1.807, 2.05) is 24.3 Å². The summed E-state index contributed by atoms with van der Waals surface area (Å²) in [5, 5.41) is 8.18. The quantitative estimate of drug-likeness (QED) is 0.279. The molecule has 0 radical (unpaired) electrons. The first-order chi connectivity index (χ1) is 19.8. The Morgan fingerprint density at radius 3 is 2.29 bits per heavy atom. The lowest BCUT2D eigenvalue weighted by molar-refractivity contribution is 0.0634. The second-order valence-corrected chi connectivity index (χ2v) is 11.3. The van der Waals surface area contributed by atoms with Gasteiger partial charge in [0.2, 0.25) is 5.82 Å². The number of aliphatic imine (C=N–C) groups is 1. The molecule has 4 aromatic rings. The highest BCUT2D eigenvalue weighted by Gasteiger charge is 2.21. The fourth-order valence-corrected chi connectivity index (χ4v) is 4.59. The van der Waals surface area contributed by atoms with Crippen LogP contribution in [0.25, 0.3) is 0 Å². The third-order valence-corrected chi connectivity index (χ3v) is 6.53.